The Bertz CT molecular complexity index is 1750. The third-order valence-corrected chi connectivity index (χ3v) is 7.04. The van der Waals surface area contributed by atoms with Gasteiger partial charge in [-0.2, -0.15) is 5.10 Å². The Morgan fingerprint density at radius 2 is 1.70 bits per heavy atom. The van der Waals surface area contributed by atoms with Gasteiger partial charge < -0.3 is 20.1 Å². The molecular weight excluding hydrogens is 556 g/mol. The molecule has 0 saturated carbocycles. The number of amides is 3. The molecule has 0 radical (unpaired) electrons. The molecule has 2 heterocycles. The van der Waals surface area contributed by atoms with Crippen LogP contribution in [-0.4, -0.2) is 40.4 Å². The number of aryl methyl sites for hydroxylation is 2. The molecular formula is C34H36N6O4. The zero-order chi connectivity index (χ0) is 30.9. The third-order valence-electron chi connectivity index (χ3n) is 7.04. The van der Waals surface area contributed by atoms with Gasteiger partial charge in [-0.25, -0.2) is 9.48 Å². The summed E-state index contributed by atoms with van der Waals surface area (Å²) in [5.41, 5.74) is 4.89. The quantitative estimate of drug-likeness (QED) is 0.145. The third kappa shape index (κ3) is 7.40. The van der Waals surface area contributed by atoms with Crippen molar-refractivity contribution in [3.8, 4) is 11.4 Å². The van der Waals surface area contributed by atoms with Gasteiger partial charge >= 0.3 is 6.03 Å². The molecule has 0 unspecified atom stereocenters. The van der Waals surface area contributed by atoms with Gasteiger partial charge in [0.05, 0.1) is 29.0 Å². The Morgan fingerprint density at radius 1 is 0.909 bits per heavy atom. The first-order valence-corrected chi connectivity index (χ1v) is 14.6. The molecule has 3 aromatic carbocycles. The zero-order valence-corrected chi connectivity index (χ0v) is 25.1. The van der Waals surface area contributed by atoms with Crippen LogP contribution in [0.4, 0.5) is 22.0 Å². The van der Waals surface area contributed by atoms with Crippen LogP contribution in [0.25, 0.3) is 16.5 Å². The zero-order valence-electron chi connectivity index (χ0n) is 25.1. The second-order valence-corrected chi connectivity index (χ2v) is 10.4. The predicted molar refractivity (Wildman–Crippen MR) is 173 cm³/mol. The highest BCUT2D eigenvalue weighted by atomic mass is 16.5. The summed E-state index contributed by atoms with van der Waals surface area (Å²) in [5, 5.41) is 15.2. The van der Waals surface area contributed by atoms with Crippen LogP contribution < -0.4 is 20.7 Å². The SMILES string of the molecule is CCCCc1cc(NC(=O)Nc2ccc(OCc3ccncc3NC(=O)COC)c3ccccc23)n(-c2ccc(C)cc2)n1. The van der Waals surface area contributed by atoms with E-state index in [-0.39, 0.29) is 25.2 Å². The highest BCUT2D eigenvalue weighted by molar-refractivity contribution is 6.07. The highest BCUT2D eigenvalue weighted by Gasteiger charge is 2.15. The van der Waals surface area contributed by atoms with Gasteiger partial charge in [0.2, 0.25) is 5.91 Å². The van der Waals surface area contributed by atoms with Gasteiger partial charge in [-0.15, -0.1) is 0 Å². The van der Waals surface area contributed by atoms with Crippen molar-refractivity contribution >= 4 is 39.9 Å². The summed E-state index contributed by atoms with van der Waals surface area (Å²) in [4.78, 5) is 29.5. The van der Waals surface area contributed by atoms with E-state index in [1.54, 1.807) is 23.1 Å². The van der Waals surface area contributed by atoms with Gasteiger partial charge in [0.25, 0.3) is 0 Å². The number of benzene rings is 3. The van der Waals surface area contributed by atoms with Crippen molar-refractivity contribution in [2.75, 3.05) is 29.7 Å². The fourth-order valence-corrected chi connectivity index (χ4v) is 4.79. The van der Waals surface area contributed by atoms with Crippen molar-refractivity contribution in [3.05, 3.63) is 102 Å². The van der Waals surface area contributed by atoms with E-state index in [4.69, 9.17) is 14.6 Å². The number of methoxy groups -OCH3 is 1. The molecule has 10 heteroatoms. The molecule has 44 heavy (non-hydrogen) atoms. The largest absolute Gasteiger partial charge is 0.488 e. The standard InChI is InChI=1S/C34H36N6O4/c1-4-5-8-25-19-32(40(39-25)26-13-11-23(2)12-14-26)38-34(42)37-29-15-16-31(28-10-7-6-9-27(28)29)44-21-24-17-18-35-20-30(24)36-33(41)22-43-3/h6-7,9-20H,4-5,8,21-22H2,1-3H3,(H,36,41)(H2,37,38,42). The summed E-state index contributed by atoms with van der Waals surface area (Å²) in [5.74, 6) is 0.947. The number of unbranched alkanes of at least 4 members (excludes halogenated alkanes) is 1. The molecule has 5 aromatic rings. The van der Waals surface area contributed by atoms with E-state index in [1.165, 1.54) is 7.11 Å². The van der Waals surface area contributed by atoms with Crippen molar-refractivity contribution in [3.63, 3.8) is 0 Å². The van der Waals surface area contributed by atoms with E-state index in [1.807, 2.05) is 73.7 Å². The van der Waals surface area contributed by atoms with Gasteiger partial charge in [0, 0.05) is 35.7 Å². The Labute approximate surface area is 256 Å². The van der Waals surface area contributed by atoms with Crippen LogP contribution in [0.2, 0.25) is 0 Å². The van der Waals surface area contributed by atoms with Crippen LogP contribution in [0.5, 0.6) is 5.75 Å². The normalized spacial score (nSPS) is 10.9. The smallest absolute Gasteiger partial charge is 0.324 e. The Kier molecular flexibility index (Phi) is 9.83. The highest BCUT2D eigenvalue weighted by Crippen LogP contribution is 2.33. The lowest BCUT2D eigenvalue weighted by molar-refractivity contribution is -0.119. The van der Waals surface area contributed by atoms with Gasteiger partial charge in [-0.3, -0.25) is 15.1 Å². The van der Waals surface area contributed by atoms with Crippen molar-refractivity contribution < 1.29 is 19.1 Å². The molecule has 3 amide bonds. The Morgan fingerprint density at radius 3 is 2.48 bits per heavy atom. The second kappa shape index (κ2) is 14.3. The summed E-state index contributed by atoms with van der Waals surface area (Å²) in [6.45, 7) is 4.32. The number of anilines is 3. The number of ether oxygens (including phenoxy) is 2. The number of fused-ring (bicyclic) bond motifs is 1. The molecule has 5 rings (SSSR count). The van der Waals surface area contributed by atoms with Gasteiger partial charge in [-0.1, -0.05) is 55.3 Å². The predicted octanol–water partition coefficient (Wildman–Crippen LogP) is 6.88. The average molecular weight is 593 g/mol. The average Bonchev–Trinajstić information content (AvgIpc) is 3.42. The van der Waals surface area contributed by atoms with Crippen LogP contribution in [0, 0.1) is 6.92 Å². The van der Waals surface area contributed by atoms with Gasteiger partial charge in [0.1, 0.15) is 24.8 Å². The summed E-state index contributed by atoms with van der Waals surface area (Å²) in [6.07, 6.45) is 6.13. The van der Waals surface area contributed by atoms with Crippen molar-refractivity contribution in [2.24, 2.45) is 0 Å². The van der Waals surface area contributed by atoms with Crippen LogP contribution in [0.1, 0.15) is 36.6 Å². The van der Waals surface area contributed by atoms with Gasteiger partial charge in [-0.05, 0) is 50.1 Å². The molecule has 0 spiro atoms. The van der Waals surface area contributed by atoms with Crippen LogP contribution >= 0.6 is 0 Å². The lowest BCUT2D eigenvalue weighted by Gasteiger charge is -2.15. The monoisotopic (exact) mass is 592 g/mol. The van der Waals surface area contributed by atoms with E-state index in [0.29, 0.717) is 22.9 Å². The van der Waals surface area contributed by atoms with Crippen molar-refractivity contribution in [1.82, 2.24) is 14.8 Å². The molecule has 2 aromatic heterocycles. The second-order valence-electron chi connectivity index (χ2n) is 10.4. The minimum Gasteiger partial charge on any atom is -0.488 e. The minimum atomic E-state index is -0.382. The molecule has 0 atom stereocenters. The molecule has 0 saturated heterocycles. The number of hydrogen-bond acceptors (Lipinski definition) is 6. The number of carbonyl (C=O) groups excluding carboxylic acids is 2. The van der Waals surface area contributed by atoms with Gasteiger partial charge in [0.15, 0.2) is 0 Å². The summed E-state index contributed by atoms with van der Waals surface area (Å²) in [7, 11) is 1.46. The molecule has 0 aliphatic rings. The summed E-state index contributed by atoms with van der Waals surface area (Å²) < 4.78 is 12.9. The first-order chi connectivity index (χ1) is 21.4. The van der Waals surface area contributed by atoms with Crippen LogP contribution in [-0.2, 0) is 22.6 Å². The Balaban J connectivity index is 1.34. The number of aromatic nitrogens is 3. The summed E-state index contributed by atoms with van der Waals surface area (Å²) >= 11 is 0. The molecule has 3 N–H and O–H groups in total. The van der Waals surface area contributed by atoms with E-state index in [0.717, 1.165) is 52.5 Å². The molecule has 0 aliphatic heterocycles. The fraction of sp³-hybridized carbons (Fsp3) is 0.235. The maximum absolute atomic E-state index is 13.3. The fourth-order valence-electron chi connectivity index (χ4n) is 4.79. The minimum absolute atomic E-state index is 0.0593. The van der Waals surface area contributed by atoms with E-state index in [2.05, 4.69) is 27.9 Å². The number of urea groups is 1. The molecule has 0 aliphatic carbocycles. The summed E-state index contributed by atoms with van der Waals surface area (Å²) in [6, 6.07) is 22.7. The molecule has 226 valence electrons. The maximum atomic E-state index is 13.3. The lowest BCUT2D eigenvalue weighted by atomic mass is 10.1. The number of nitrogens with one attached hydrogen (secondary N) is 3. The lowest BCUT2D eigenvalue weighted by Crippen LogP contribution is -2.21. The van der Waals surface area contributed by atoms with Crippen molar-refractivity contribution in [2.45, 2.75) is 39.7 Å². The van der Waals surface area contributed by atoms with Crippen LogP contribution in [0.3, 0.4) is 0 Å². The van der Waals surface area contributed by atoms with E-state index >= 15 is 0 Å². The molecule has 10 nitrogen and oxygen atoms in total. The van der Waals surface area contributed by atoms with E-state index in [9.17, 15) is 9.59 Å². The number of nitrogens with zero attached hydrogens (tertiary/aromatic N) is 3. The van der Waals surface area contributed by atoms with Crippen molar-refractivity contribution in [1.29, 1.82) is 0 Å². The van der Waals surface area contributed by atoms with Crippen LogP contribution in [0.15, 0.2) is 85.2 Å². The Hall–Kier alpha value is -5.22. The number of hydrogen-bond donors (Lipinski definition) is 3. The molecule has 0 bridgehead atoms. The first-order valence-electron chi connectivity index (χ1n) is 14.6. The van der Waals surface area contributed by atoms with E-state index < -0.39 is 0 Å². The molecule has 0 fully saturated rings. The topological polar surface area (TPSA) is 119 Å². The number of rotatable bonds is 12. The maximum Gasteiger partial charge on any atom is 0.324 e. The number of pyridine rings is 1. The first kappa shape index (κ1) is 30.2. The number of carbonyl (C=O) groups is 2.